The van der Waals surface area contributed by atoms with Gasteiger partial charge in [0, 0.05) is 12.6 Å². The maximum Gasteiger partial charge on any atom is 0.243 e. The third kappa shape index (κ3) is 4.71. The summed E-state index contributed by atoms with van der Waals surface area (Å²) in [5.74, 6) is -0.801. The van der Waals surface area contributed by atoms with E-state index in [1.54, 1.807) is 12.3 Å². The second-order valence-electron chi connectivity index (χ2n) is 9.09. The molecule has 1 saturated carbocycles. The second kappa shape index (κ2) is 9.37. The van der Waals surface area contributed by atoms with Crippen LogP contribution in [0.4, 0.5) is 8.78 Å². The first-order valence-electron chi connectivity index (χ1n) is 11.6. The van der Waals surface area contributed by atoms with E-state index in [0.29, 0.717) is 16.7 Å². The number of nitrogens with one attached hydrogen (secondary N) is 2. The lowest BCUT2D eigenvalue weighted by atomic mass is 9.96. The van der Waals surface area contributed by atoms with Crippen molar-refractivity contribution in [2.45, 2.75) is 49.9 Å². The van der Waals surface area contributed by atoms with Crippen molar-refractivity contribution in [3.8, 4) is 0 Å². The Morgan fingerprint density at radius 1 is 1.15 bits per heavy atom. The van der Waals surface area contributed by atoms with Crippen LogP contribution in [0.1, 0.15) is 53.5 Å². The lowest BCUT2D eigenvalue weighted by Gasteiger charge is -2.27. The number of H-pyrrole nitrogens is 1. The second-order valence-corrected chi connectivity index (χ2v) is 9.09. The van der Waals surface area contributed by atoms with Crippen LogP contribution in [0.25, 0.3) is 0 Å². The monoisotopic (exact) mass is 464 g/mol. The first-order chi connectivity index (χ1) is 16.5. The fraction of sp³-hybridized carbons (Fsp3) is 0.346. The molecule has 1 aliphatic carbocycles. The van der Waals surface area contributed by atoms with Crippen molar-refractivity contribution >= 4 is 11.8 Å². The van der Waals surface area contributed by atoms with E-state index in [-0.39, 0.29) is 37.0 Å². The lowest BCUT2D eigenvalue weighted by Crippen LogP contribution is -2.47. The first kappa shape index (κ1) is 22.3. The number of likely N-dealkylation sites (tertiary alicyclic amines) is 1. The van der Waals surface area contributed by atoms with Gasteiger partial charge in [0.15, 0.2) is 0 Å². The van der Waals surface area contributed by atoms with E-state index in [4.69, 9.17) is 0 Å². The molecule has 0 bridgehead atoms. The summed E-state index contributed by atoms with van der Waals surface area (Å²) in [5.41, 5.74) is 2.75. The van der Waals surface area contributed by atoms with Gasteiger partial charge in [0.05, 0.1) is 25.2 Å². The van der Waals surface area contributed by atoms with Gasteiger partial charge in [-0.15, -0.1) is 0 Å². The van der Waals surface area contributed by atoms with E-state index in [1.165, 1.54) is 17.2 Å². The van der Waals surface area contributed by atoms with Gasteiger partial charge in [0.2, 0.25) is 11.8 Å². The minimum atomic E-state index is -1.28. The Labute approximate surface area is 196 Å². The summed E-state index contributed by atoms with van der Waals surface area (Å²) in [5, 5.41) is 9.43. The standard InChI is InChI=1S/C26H26F2N4O2/c27-20-12-23(32(15-20)24(33)10-16-13-29-30-14-16)26(34)31-25(18-4-2-1-3-5-18)19-8-9-21(17-6-7-17)22(28)11-19/h1-5,8-9,11,13-14,17,20,23,25H,6-7,10,12,15H2,(H,29,30)(H,31,34). The SMILES string of the molecule is O=C(NC(c1ccccc1)c1ccc(C2CC2)c(F)c1)C1CC(F)CN1C(=O)Cc1cn[nH]c1. The van der Waals surface area contributed by atoms with E-state index in [0.717, 1.165) is 18.4 Å². The Balaban J connectivity index is 1.38. The van der Waals surface area contributed by atoms with Crippen LogP contribution in [0, 0.1) is 5.82 Å². The molecule has 8 heteroatoms. The van der Waals surface area contributed by atoms with E-state index in [1.807, 2.05) is 36.4 Å². The Kier molecular flexibility index (Phi) is 6.13. The van der Waals surface area contributed by atoms with Crippen molar-refractivity contribution in [2.24, 2.45) is 0 Å². The van der Waals surface area contributed by atoms with Crippen molar-refractivity contribution in [2.75, 3.05) is 6.54 Å². The van der Waals surface area contributed by atoms with Crippen LogP contribution in [-0.4, -0.2) is 45.7 Å². The normalized spacial score (nSPS) is 20.8. The molecule has 2 aliphatic rings. The zero-order chi connectivity index (χ0) is 23.7. The number of hydrogen-bond donors (Lipinski definition) is 2. The number of carbonyl (C=O) groups is 2. The van der Waals surface area contributed by atoms with E-state index >= 15 is 0 Å². The number of halogens is 2. The van der Waals surface area contributed by atoms with Gasteiger partial charge < -0.3 is 10.2 Å². The molecule has 1 saturated heterocycles. The van der Waals surface area contributed by atoms with E-state index < -0.39 is 24.2 Å². The highest BCUT2D eigenvalue weighted by atomic mass is 19.1. The number of carbonyl (C=O) groups excluding carboxylic acids is 2. The molecule has 2 N–H and O–H groups in total. The summed E-state index contributed by atoms with van der Waals surface area (Å²) < 4.78 is 29.2. The van der Waals surface area contributed by atoms with Crippen LogP contribution >= 0.6 is 0 Å². The predicted octanol–water partition coefficient (Wildman–Crippen LogP) is 3.81. The van der Waals surface area contributed by atoms with Gasteiger partial charge in [-0.05, 0) is 47.1 Å². The summed E-state index contributed by atoms with van der Waals surface area (Å²) in [6.07, 6.45) is 3.79. The van der Waals surface area contributed by atoms with Gasteiger partial charge in [-0.1, -0.05) is 42.5 Å². The molecule has 2 heterocycles. The molecule has 1 aliphatic heterocycles. The summed E-state index contributed by atoms with van der Waals surface area (Å²) in [6.45, 7) is -0.129. The van der Waals surface area contributed by atoms with Gasteiger partial charge in [-0.25, -0.2) is 8.78 Å². The molecule has 176 valence electrons. The van der Waals surface area contributed by atoms with Gasteiger partial charge in [-0.3, -0.25) is 14.7 Å². The number of amides is 2. The Morgan fingerprint density at radius 2 is 1.94 bits per heavy atom. The molecular weight excluding hydrogens is 438 g/mol. The van der Waals surface area contributed by atoms with Crippen LogP contribution in [-0.2, 0) is 16.0 Å². The maximum atomic E-state index is 14.8. The molecule has 2 aromatic carbocycles. The minimum absolute atomic E-state index is 0.0307. The molecule has 3 unspecified atom stereocenters. The molecule has 0 radical (unpaired) electrons. The van der Waals surface area contributed by atoms with Gasteiger partial charge in [0.25, 0.3) is 0 Å². The number of nitrogens with zero attached hydrogens (tertiary/aromatic N) is 2. The van der Waals surface area contributed by atoms with Gasteiger partial charge >= 0.3 is 0 Å². The smallest absolute Gasteiger partial charge is 0.243 e. The summed E-state index contributed by atoms with van der Waals surface area (Å²) in [6, 6.07) is 12.8. The molecule has 1 aromatic heterocycles. The van der Waals surface area contributed by atoms with Crippen molar-refractivity contribution < 1.29 is 18.4 Å². The van der Waals surface area contributed by atoms with E-state index in [9.17, 15) is 18.4 Å². The molecule has 3 aromatic rings. The largest absolute Gasteiger partial charge is 0.343 e. The van der Waals surface area contributed by atoms with Crippen molar-refractivity contribution in [1.29, 1.82) is 0 Å². The van der Waals surface area contributed by atoms with Crippen molar-refractivity contribution in [1.82, 2.24) is 20.4 Å². The zero-order valence-corrected chi connectivity index (χ0v) is 18.6. The number of hydrogen-bond acceptors (Lipinski definition) is 3. The Hall–Kier alpha value is -3.55. The fourth-order valence-corrected chi connectivity index (χ4v) is 4.65. The lowest BCUT2D eigenvalue weighted by molar-refractivity contribution is -0.138. The highest BCUT2D eigenvalue weighted by molar-refractivity contribution is 5.89. The van der Waals surface area contributed by atoms with Crippen molar-refractivity contribution in [3.63, 3.8) is 0 Å². The van der Waals surface area contributed by atoms with Crippen LogP contribution in [0.15, 0.2) is 60.9 Å². The first-order valence-corrected chi connectivity index (χ1v) is 11.6. The number of alkyl halides is 1. The predicted molar refractivity (Wildman–Crippen MR) is 122 cm³/mol. The minimum Gasteiger partial charge on any atom is -0.343 e. The van der Waals surface area contributed by atoms with Gasteiger partial charge in [0.1, 0.15) is 18.0 Å². The molecular formula is C26H26F2N4O2. The third-order valence-electron chi connectivity index (χ3n) is 6.58. The molecule has 3 atom stereocenters. The summed E-state index contributed by atoms with van der Waals surface area (Å²) in [4.78, 5) is 27.5. The number of aromatic nitrogens is 2. The number of benzene rings is 2. The van der Waals surface area contributed by atoms with Crippen LogP contribution in [0.3, 0.4) is 0 Å². The number of rotatable bonds is 7. The molecule has 2 fully saturated rings. The Morgan fingerprint density at radius 3 is 2.62 bits per heavy atom. The Bertz CT molecular complexity index is 1160. The highest BCUT2D eigenvalue weighted by Gasteiger charge is 2.40. The van der Waals surface area contributed by atoms with Crippen molar-refractivity contribution in [3.05, 3.63) is 89.0 Å². The quantitative estimate of drug-likeness (QED) is 0.558. The molecule has 6 nitrogen and oxygen atoms in total. The fourth-order valence-electron chi connectivity index (χ4n) is 4.65. The highest BCUT2D eigenvalue weighted by Crippen LogP contribution is 2.42. The van der Waals surface area contributed by atoms with Gasteiger partial charge in [-0.2, -0.15) is 5.10 Å². The molecule has 5 rings (SSSR count). The summed E-state index contributed by atoms with van der Waals surface area (Å²) in [7, 11) is 0. The van der Waals surface area contributed by atoms with Crippen LogP contribution < -0.4 is 5.32 Å². The maximum absolute atomic E-state index is 14.8. The third-order valence-corrected chi connectivity index (χ3v) is 6.58. The molecule has 0 spiro atoms. The van der Waals surface area contributed by atoms with Crippen LogP contribution in [0.2, 0.25) is 0 Å². The van der Waals surface area contributed by atoms with E-state index in [2.05, 4.69) is 15.5 Å². The average Bonchev–Trinajstić information content (AvgIpc) is 3.40. The topological polar surface area (TPSA) is 78.1 Å². The average molecular weight is 465 g/mol. The summed E-state index contributed by atoms with van der Waals surface area (Å²) >= 11 is 0. The number of aromatic amines is 1. The zero-order valence-electron chi connectivity index (χ0n) is 18.6. The van der Waals surface area contributed by atoms with Crippen LogP contribution in [0.5, 0.6) is 0 Å². The molecule has 2 amide bonds. The molecule has 34 heavy (non-hydrogen) atoms.